The summed E-state index contributed by atoms with van der Waals surface area (Å²) in [6.45, 7) is 1.92. The first kappa shape index (κ1) is 9.88. The van der Waals surface area contributed by atoms with Gasteiger partial charge in [-0.1, -0.05) is 11.2 Å². The summed E-state index contributed by atoms with van der Waals surface area (Å²) in [6, 6.07) is 2.40. The number of oxime groups is 1. The molecule has 0 spiro atoms. The molecule has 0 fully saturated rings. The minimum Gasteiger partial charge on any atom is -0.411 e. The Morgan fingerprint density at radius 1 is 1.06 bits per heavy atom. The molecule has 0 saturated carbocycles. The van der Waals surface area contributed by atoms with Crippen LogP contribution in [0.1, 0.15) is 47.6 Å². The number of rotatable bonds is 1. The van der Waals surface area contributed by atoms with Gasteiger partial charge in [0.2, 0.25) is 0 Å². The fourth-order valence-electron chi connectivity index (χ4n) is 3.30. The van der Waals surface area contributed by atoms with E-state index in [9.17, 15) is 0 Å². The van der Waals surface area contributed by atoms with Crippen molar-refractivity contribution in [3.05, 3.63) is 33.9 Å². The summed E-state index contributed by atoms with van der Waals surface area (Å²) in [5.41, 5.74) is 7.98. The van der Waals surface area contributed by atoms with Crippen LogP contribution in [0.3, 0.4) is 0 Å². The second kappa shape index (κ2) is 3.62. The highest BCUT2D eigenvalue weighted by molar-refractivity contribution is 6.02. The molecule has 0 radical (unpaired) electrons. The van der Waals surface area contributed by atoms with Crippen LogP contribution in [0.15, 0.2) is 11.2 Å². The Hall–Kier alpha value is -1.31. The molecule has 0 aliphatic heterocycles. The molecule has 0 heterocycles. The normalized spacial score (nSPS) is 18.7. The molecule has 84 valence electrons. The fourth-order valence-corrected chi connectivity index (χ4v) is 3.30. The summed E-state index contributed by atoms with van der Waals surface area (Å²) in [7, 11) is 0. The third kappa shape index (κ3) is 1.29. The van der Waals surface area contributed by atoms with Crippen LogP contribution in [-0.4, -0.2) is 10.9 Å². The van der Waals surface area contributed by atoms with Crippen molar-refractivity contribution in [2.75, 3.05) is 0 Å². The highest BCUT2D eigenvalue weighted by atomic mass is 16.4. The molecule has 0 amide bonds. The Labute approximate surface area is 96.0 Å². The summed E-state index contributed by atoms with van der Waals surface area (Å²) in [4.78, 5) is 0. The Morgan fingerprint density at radius 3 is 2.12 bits per heavy atom. The maximum atomic E-state index is 9.04. The molecule has 1 N–H and O–H groups in total. The zero-order valence-electron chi connectivity index (χ0n) is 9.71. The second-order valence-electron chi connectivity index (χ2n) is 4.92. The molecule has 2 nitrogen and oxygen atoms in total. The van der Waals surface area contributed by atoms with E-state index >= 15 is 0 Å². The maximum Gasteiger partial charge on any atom is 0.0842 e. The smallest absolute Gasteiger partial charge is 0.0842 e. The summed E-state index contributed by atoms with van der Waals surface area (Å²) in [5, 5.41) is 12.5. The predicted molar refractivity (Wildman–Crippen MR) is 64.5 cm³/mol. The minimum absolute atomic E-state index is 0.803. The van der Waals surface area contributed by atoms with Gasteiger partial charge in [-0.2, -0.15) is 0 Å². The van der Waals surface area contributed by atoms with Crippen LogP contribution in [0, 0.1) is 0 Å². The van der Waals surface area contributed by atoms with Gasteiger partial charge in [0.05, 0.1) is 5.71 Å². The molecule has 2 heteroatoms. The monoisotopic (exact) mass is 215 g/mol. The average Bonchev–Trinajstić information content (AvgIpc) is 2.91. The highest BCUT2D eigenvalue weighted by Gasteiger charge is 2.25. The summed E-state index contributed by atoms with van der Waals surface area (Å²) < 4.78 is 0. The van der Waals surface area contributed by atoms with Crippen molar-refractivity contribution >= 4 is 5.71 Å². The molecule has 3 rings (SSSR count). The van der Waals surface area contributed by atoms with E-state index in [0.29, 0.717) is 0 Å². The van der Waals surface area contributed by atoms with Gasteiger partial charge in [0.1, 0.15) is 0 Å². The molecule has 1 aromatic rings. The maximum absolute atomic E-state index is 9.04. The van der Waals surface area contributed by atoms with Crippen molar-refractivity contribution in [3.63, 3.8) is 0 Å². The highest BCUT2D eigenvalue weighted by Crippen LogP contribution is 2.35. The topological polar surface area (TPSA) is 32.6 Å². The van der Waals surface area contributed by atoms with Crippen molar-refractivity contribution in [3.8, 4) is 0 Å². The standard InChI is InChI=1S/C14H17NO/c1-9(15-16)14-12-6-2-4-10(12)8-11-5-3-7-13(11)14/h8,16H,2-7H2,1H3. The molecular formula is C14H17NO. The van der Waals surface area contributed by atoms with Gasteiger partial charge in [-0.05, 0) is 67.7 Å². The van der Waals surface area contributed by atoms with Gasteiger partial charge >= 0.3 is 0 Å². The van der Waals surface area contributed by atoms with Crippen LogP contribution < -0.4 is 0 Å². The number of nitrogens with zero attached hydrogens (tertiary/aromatic N) is 1. The summed E-state index contributed by atoms with van der Waals surface area (Å²) in [5.74, 6) is 0. The SMILES string of the molecule is CC(=NO)c1c2c(cc3c1CCC3)CCC2. The molecule has 1 aromatic carbocycles. The minimum atomic E-state index is 0.803. The van der Waals surface area contributed by atoms with Crippen LogP contribution in [0.25, 0.3) is 0 Å². The van der Waals surface area contributed by atoms with Crippen molar-refractivity contribution in [1.82, 2.24) is 0 Å². The molecule has 2 aliphatic rings. The largest absolute Gasteiger partial charge is 0.411 e. The van der Waals surface area contributed by atoms with E-state index in [2.05, 4.69) is 11.2 Å². The molecule has 0 saturated heterocycles. The van der Waals surface area contributed by atoms with Gasteiger partial charge in [-0.3, -0.25) is 0 Å². The van der Waals surface area contributed by atoms with Crippen LogP contribution in [0.4, 0.5) is 0 Å². The van der Waals surface area contributed by atoms with E-state index in [1.807, 2.05) is 6.92 Å². The number of aryl methyl sites for hydroxylation is 2. The lowest BCUT2D eigenvalue weighted by atomic mass is 9.92. The van der Waals surface area contributed by atoms with Crippen LogP contribution in [-0.2, 0) is 25.7 Å². The Kier molecular flexibility index (Phi) is 2.23. The molecule has 2 aliphatic carbocycles. The quantitative estimate of drug-likeness (QED) is 0.436. The average molecular weight is 215 g/mol. The summed E-state index contributed by atoms with van der Waals surface area (Å²) >= 11 is 0. The lowest BCUT2D eigenvalue weighted by Gasteiger charge is -2.13. The third-order valence-corrected chi connectivity index (χ3v) is 3.98. The summed E-state index contributed by atoms with van der Waals surface area (Å²) in [6.07, 6.45) is 7.23. The molecule has 0 atom stereocenters. The lowest BCUT2D eigenvalue weighted by Crippen LogP contribution is -2.06. The van der Waals surface area contributed by atoms with E-state index in [4.69, 9.17) is 5.21 Å². The van der Waals surface area contributed by atoms with Gasteiger partial charge < -0.3 is 5.21 Å². The van der Waals surface area contributed by atoms with Gasteiger partial charge in [0.15, 0.2) is 0 Å². The number of benzene rings is 1. The lowest BCUT2D eigenvalue weighted by molar-refractivity contribution is 0.319. The zero-order chi connectivity index (χ0) is 11.1. The molecular weight excluding hydrogens is 198 g/mol. The number of fused-ring (bicyclic) bond motifs is 2. The van der Waals surface area contributed by atoms with Crippen LogP contribution in [0.2, 0.25) is 0 Å². The van der Waals surface area contributed by atoms with E-state index in [0.717, 1.165) is 18.6 Å². The predicted octanol–water partition coefficient (Wildman–Crippen LogP) is 2.86. The van der Waals surface area contributed by atoms with Gasteiger partial charge in [0.25, 0.3) is 0 Å². The number of hydrogen-bond acceptors (Lipinski definition) is 2. The van der Waals surface area contributed by atoms with E-state index in [-0.39, 0.29) is 0 Å². The van der Waals surface area contributed by atoms with Crippen LogP contribution >= 0.6 is 0 Å². The second-order valence-corrected chi connectivity index (χ2v) is 4.92. The first-order valence-electron chi connectivity index (χ1n) is 6.17. The van der Waals surface area contributed by atoms with Crippen LogP contribution in [0.5, 0.6) is 0 Å². The van der Waals surface area contributed by atoms with Crippen molar-refractivity contribution in [1.29, 1.82) is 0 Å². The zero-order valence-corrected chi connectivity index (χ0v) is 9.71. The Balaban J connectivity index is 2.28. The third-order valence-electron chi connectivity index (χ3n) is 3.98. The molecule has 0 aromatic heterocycles. The van der Waals surface area contributed by atoms with E-state index < -0.39 is 0 Å². The van der Waals surface area contributed by atoms with Crippen molar-refractivity contribution < 1.29 is 5.21 Å². The molecule has 16 heavy (non-hydrogen) atoms. The number of hydrogen-bond donors (Lipinski definition) is 1. The first-order valence-corrected chi connectivity index (χ1v) is 6.17. The van der Waals surface area contributed by atoms with Crippen molar-refractivity contribution in [2.24, 2.45) is 5.16 Å². The van der Waals surface area contributed by atoms with Gasteiger partial charge in [-0.25, -0.2) is 0 Å². The van der Waals surface area contributed by atoms with Crippen molar-refractivity contribution in [2.45, 2.75) is 45.4 Å². The fraction of sp³-hybridized carbons (Fsp3) is 0.500. The van der Waals surface area contributed by atoms with Gasteiger partial charge in [-0.15, -0.1) is 0 Å². The first-order chi connectivity index (χ1) is 7.81. The molecule has 0 unspecified atom stereocenters. The molecule has 0 bridgehead atoms. The van der Waals surface area contributed by atoms with E-state index in [1.54, 1.807) is 0 Å². The Bertz CT molecular complexity index is 442. The van der Waals surface area contributed by atoms with Gasteiger partial charge in [0, 0.05) is 5.56 Å². The van der Waals surface area contributed by atoms with E-state index in [1.165, 1.54) is 53.5 Å². The Morgan fingerprint density at radius 2 is 1.62 bits per heavy atom.